The molecule has 29 heavy (non-hydrogen) atoms. The van der Waals surface area contributed by atoms with E-state index in [2.05, 4.69) is 11.3 Å². The van der Waals surface area contributed by atoms with Gasteiger partial charge in [0.25, 0.3) is 6.47 Å². The summed E-state index contributed by atoms with van der Waals surface area (Å²) in [4.78, 5) is 44.1. The predicted octanol–water partition coefficient (Wildman–Crippen LogP) is 0.248. The summed E-state index contributed by atoms with van der Waals surface area (Å²) >= 11 is 0. The van der Waals surface area contributed by atoms with E-state index in [1.807, 2.05) is 0 Å². The molecule has 0 saturated heterocycles. The van der Waals surface area contributed by atoms with Crippen LogP contribution in [-0.2, 0) is 38.1 Å². The van der Waals surface area contributed by atoms with Crippen LogP contribution in [0, 0.1) is 0 Å². The SMILES string of the molecule is C=C(C)C(=O)OCC(O)COC(=O)CCSSCCC(=O)OCC(O)COC=O. The van der Waals surface area contributed by atoms with E-state index in [-0.39, 0.29) is 51.3 Å². The van der Waals surface area contributed by atoms with E-state index in [1.165, 1.54) is 28.5 Å². The minimum Gasteiger partial charge on any atom is -0.465 e. The summed E-state index contributed by atoms with van der Waals surface area (Å²) < 4.78 is 18.7. The molecule has 0 aliphatic rings. The van der Waals surface area contributed by atoms with Gasteiger partial charge in [-0.15, -0.1) is 0 Å². The Morgan fingerprint density at radius 1 is 0.897 bits per heavy atom. The molecule has 0 spiro atoms. The maximum Gasteiger partial charge on any atom is 0.333 e. The second kappa shape index (κ2) is 17.1. The third-order valence-electron chi connectivity index (χ3n) is 2.85. The molecule has 0 radical (unpaired) electrons. The summed E-state index contributed by atoms with van der Waals surface area (Å²) in [6, 6.07) is 0. The van der Waals surface area contributed by atoms with Crippen LogP contribution in [0.15, 0.2) is 12.2 Å². The fraction of sp³-hybridized carbons (Fsp3) is 0.647. The van der Waals surface area contributed by atoms with Gasteiger partial charge in [-0.25, -0.2) is 4.79 Å². The third kappa shape index (κ3) is 16.9. The van der Waals surface area contributed by atoms with Gasteiger partial charge in [0.15, 0.2) is 0 Å². The molecule has 2 atom stereocenters. The van der Waals surface area contributed by atoms with Crippen molar-refractivity contribution in [2.45, 2.75) is 32.0 Å². The summed E-state index contributed by atoms with van der Waals surface area (Å²) in [5.41, 5.74) is 0.207. The molecule has 0 amide bonds. The third-order valence-corrected chi connectivity index (χ3v) is 5.26. The van der Waals surface area contributed by atoms with E-state index < -0.39 is 30.1 Å². The van der Waals surface area contributed by atoms with Crippen molar-refractivity contribution >= 4 is 46.0 Å². The molecule has 2 unspecified atom stereocenters. The van der Waals surface area contributed by atoms with Crippen molar-refractivity contribution in [2.24, 2.45) is 0 Å². The zero-order valence-electron chi connectivity index (χ0n) is 16.1. The monoisotopic (exact) mass is 454 g/mol. The molecule has 166 valence electrons. The fourth-order valence-corrected chi connectivity index (χ4v) is 3.37. The Morgan fingerprint density at radius 3 is 1.79 bits per heavy atom. The van der Waals surface area contributed by atoms with E-state index in [1.54, 1.807) is 0 Å². The van der Waals surface area contributed by atoms with E-state index in [0.717, 1.165) is 0 Å². The van der Waals surface area contributed by atoms with Gasteiger partial charge >= 0.3 is 17.9 Å². The molecule has 0 aliphatic carbocycles. The van der Waals surface area contributed by atoms with Crippen molar-refractivity contribution in [3.05, 3.63) is 12.2 Å². The maximum absolute atomic E-state index is 11.6. The smallest absolute Gasteiger partial charge is 0.333 e. The molecule has 12 heteroatoms. The van der Waals surface area contributed by atoms with Gasteiger partial charge in [0.2, 0.25) is 0 Å². The minimum atomic E-state index is -1.11. The Morgan fingerprint density at radius 2 is 1.34 bits per heavy atom. The highest BCUT2D eigenvalue weighted by atomic mass is 33.1. The number of carbonyl (C=O) groups excluding carboxylic acids is 4. The van der Waals surface area contributed by atoms with Crippen LogP contribution in [0.25, 0.3) is 0 Å². The molecular formula is C17H26O10S2. The van der Waals surface area contributed by atoms with E-state index in [0.29, 0.717) is 11.5 Å². The Labute approximate surface area is 176 Å². The van der Waals surface area contributed by atoms with E-state index in [4.69, 9.17) is 14.2 Å². The van der Waals surface area contributed by atoms with Crippen LogP contribution in [0.2, 0.25) is 0 Å². The van der Waals surface area contributed by atoms with Crippen LogP contribution in [0.1, 0.15) is 19.8 Å². The van der Waals surface area contributed by atoms with E-state index >= 15 is 0 Å². The molecule has 2 N–H and O–H groups in total. The average molecular weight is 455 g/mol. The Bertz CT molecular complexity index is 540. The zero-order chi connectivity index (χ0) is 22.1. The summed E-state index contributed by atoms with van der Waals surface area (Å²) in [6.45, 7) is 4.00. The molecule has 0 heterocycles. The van der Waals surface area contributed by atoms with Crippen molar-refractivity contribution in [1.29, 1.82) is 0 Å². The molecule has 10 nitrogen and oxygen atoms in total. The van der Waals surface area contributed by atoms with Crippen molar-refractivity contribution in [3.8, 4) is 0 Å². The maximum atomic E-state index is 11.6. The van der Waals surface area contributed by atoms with Gasteiger partial charge in [0.1, 0.15) is 38.6 Å². The second-order valence-corrected chi connectivity index (χ2v) is 8.33. The lowest BCUT2D eigenvalue weighted by molar-refractivity contribution is -0.150. The Hall–Kier alpha value is -1.76. The van der Waals surface area contributed by atoms with Crippen LogP contribution in [-0.4, -0.2) is 84.7 Å². The van der Waals surface area contributed by atoms with Gasteiger partial charge < -0.3 is 29.2 Å². The second-order valence-electron chi connectivity index (χ2n) is 5.63. The van der Waals surface area contributed by atoms with Crippen LogP contribution in [0.4, 0.5) is 0 Å². The van der Waals surface area contributed by atoms with Crippen LogP contribution < -0.4 is 0 Å². The van der Waals surface area contributed by atoms with Gasteiger partial charge in [-0.05, 0) is 6.92 Å². The van der Waals surface area contributed by atoms with Crippen LogP contribution >= 0.6 is 21.6 Å². The van der Waals surface area contributed by atoms with Crippen molar-refractivity contribution in [3.63, 3.8) is 0 Å². The number of carbonyl (C=O) groups is 4. The van der Waals surface area contributed by atoms with Gasteiger partial charge in [-0.3, -0.25) is 14.4 Å². The topological polar surface area (TPSA) is 146 Å². The van der Waals surface area contributed by atoms with Crippen molar-refractivity contribution in [2.75, 3.05) is 37.9 Å². The number of rotatable bonds is 17. The van der Waals surface area contributed by atoms with E-state index in [9.17, 15) is 29.4 Å². The number of esters is 3. The first-order valence-corrected chi connectivity index (χ1v) is 11.0. The van der Waals surface area contributed by atoms with Gasteiger partial charge in [0.05, 0.1) is 12.8 Å². The largest absolute Gasteiger partial charge is 0.465 e. The lowest BCUT2D eigenvalue weighted by Crippen LogP contribution is -2.25. The normalized spacial score (nSPS) is 12.4. The fourth-order valence-electron chi connectivity index (χ4n) is 1.43. The zero-order valence-corrected chi connectivity index (χ0v) is 17.7. The molecule has 0 aliphatic heterocycles. The summed E-state index contributed by atoms with van der Waals surface area (Å²) in [5, 5.41) is 18.9. The Kier molecular flexibility index (Phi) is 16.1. The number of aliphatic hydroxyl groups excluding tert-OH is 2. The molecular weight excluding hydrogens is 428 g/mol. The summed E-state index contributed by atoms with van der Waals surface area (Å²) in [5.74, 6) is -0.734. The van der Waals surface area contributed by atoms with Crippen LogP contribution in [0.3, 0.4) is 0 Å². The highest BCUT2D eigenvalue weighted by Crippen LogP contribution is 2.23. The summed E-state index contributed by atoms with van der Waals surface area (Å²) in [6.07, 6.45) is -1.94. The number of hydrogen-bond acceptors (Lipinski definition) is 12. The highest BCUT2D eigenvalue weighted by molar-refractivity contribution is 8.76. The molecule has 0 aromatic rings. The molecule has 0 bridgehead atoms. The molecule has 0 aromatic heterocycles. The summed E-state index contributed by atoms with van der Waals surface area (Å²) in [7, 11) is 2.74. The molecule has 0 fully saturated rings. The van der Waals surface area contributed by atoms with Gasteiger partial charge in [-0.2, -0.15) is 0 Å². The first-order chi connectivity index (χ1) is 13.8. The molecule has 0 aromatic carbocycles. The lowest BCUT2D eigenvalue weighted by atomic mass is 10.3. The number of ether oxygens (including phenoxy) is 4. The highest BCUT2D eigenvalue weighted by Gasteiger charge is 2.13. The van der Waals surface area contributed by atoms with Gasteiger partial charge in [0, 0.05) is 17.1 Å². The first-order valence-electron chi connectivity index (χ1n) is 8.55. The average Bonchev–Trinajstić information content (AvgIpc) is 2.69. The van der Waals surface area contributed by atoms with Crippen molar-refractivity contribution in [1.82, 2.24) is 0 Å². The predicted molar refractivity (Wildman–Crippen MR) is 106 cm³/mol. The standard InChI is InChI=1S/C17H26O10S2/c1-12(2)17(23)27-10-14(20)9-26-16(22)4-6-29-28-5-3-15(21)25-8-13(19)7-24-11-18/h11,13-14,19-20H,1,3-10H2,2H3. The van der Waals surface area contributed by atoms with Crippen molar-refractivity contribution < 1.29 is 48.3 Å². The van der Waals surface area contributed by atoms with Crippen LogP contribution in [0.5, 0.6) is 0 Å². The Balaban J connectivity index is 3.61. The molecule has 0 rings (SSSR count). The quantitative estimate of drug-likeness (QED) is 0.0775. The van der Waals surface area contributed by atoms with Gasteiger partial charge in [-0.1, -0.05) is 28.2 Å². The number of aliphatic hydroxyl groups is 2. The minimum absolute atomic E-state index is 0.114. The number of hydrogen-bond donors (Lipinski definition) is 2. The lowest BCUT2D eigenvalue weighted by Gasteiger charge is -2.12. The molecule has 0 saturated carbocycles. The first kappa shape index (κ1) is 27.2.